The van der Waals surface area contributed by atoms with Crippen molar-refractivity contribution in [2.45, 2.75) is 63.8 Å². The number of amides is 3. The number of hydrogen-bond donors (Lipinski definition) is 2. The van der Waals surface area contributed by atoms with Crippen molar-refractivity contribution in [1.29, 1.82) is 0 Å². The fourth-order valence-electron chi connectivity index (χ4n) is 6.56. The third kappa shape index (κ3) is 7.23. The number of unbranched alkanes of at least 4 members (excludes halogenated alkanes) is 1. The van der Waals surface area contributed by atoms with Crippen LogP contribution >= 0.6 is 0 Å². The Balaban J connectivity index is 1.26. The number of piperazine rings is 1. The molecule has 4 aromatic rings. The Bertz CT molecular complexity index is 1740. The third-order valence-electron chi connectivity index (χ3n) is 9.13. The summed E-state index contributed by atoms with van der Waals surface area (Å²) in [4.78, 5) is 51.5. The fourth-order valence-corrected chi connectivity index (χ4v) is 6.56. The molecular weight excluding hydrogens is 610 g/mol. The predicted octanol–water partition coefficient (Wildman–Crippen LogP) is 5.59. The minimum Gasteiger partial charge on any atom is -0.508 e. The predicted molar refractivity (Wildman–Crippen MR) is 180 cm³/mol. The van der Waals surface area contributed by atoms with Crippen LogP contribution in [0.2, 0.25) is 0 Å². The van der Waals surface area contributed by atoms with Crippen molar-refractivity contribution in [3.63, 3.8) is 0 Å². The molecule has 0 aromatic heterocycles. The van der Waals surface area contributed by atoms with Crippen molar-refractivity contribution in [1.82, 2.24) is 14.9 Å². The Morgan fingerprint density at radius 2 is 1.54 bits per heavy atom. The summed E-state index contributed by atoms with van der Waals surface area (Å²) in [6, 6.07) is 26.6. The molecule has 0 saturated carbocycles. The summed E-state index contributed by atoms with van der Waals surface area (Å²) in [5.74, 6) is -0.252. The van der Waals surface area contributed by atoms with Gasteiger partial charge in [0, 0.05) is 19.4 Å². The molecule has 2 aliphatic rings. The van der Waals surface area contributed by atoms with Crippen LogP contribution < -0.4 is 0 Å². The molecule has 0 bridgehead atoms. The minimum absolute atomic E-state index is 0.0513. The minimum atomic E-state index is -1.07. The Hall–Kier alpha value is -5.09. The number of rotatable bonds is 11. The Morgan fingerprint density at radius 1 is 0.854 bits per heavy atom. The van der Waals surface area contributed by atoms with Crippen LogP contribution in [0.5, 0.6) is 11.5 Å². The number of phenols is 2. The van der Waals surface area contributed by atoms with E-state index >= 15 is 0 Å². The van der Waals surface area contributed by atoms with E-state index in [0.717, 1.165) is 45.4 Å². The van der Waals surface area contributed by atoms with Crippen LogP contribution in [0.3, 0.4) is 0 Å². The summed E-state index contributed by atoms with van der Waals surface area (Å²) in [5.41, 5.74) is 2.73. The average molecular weight is 652 g/mol. The summed E-state index contributed by atoms with van der Waals surface area (Å²) < 4.78 is 5.70. The Kier molecular flexibility index (Phi) is 10.1. The van der Waals surface area contributed by atoms with Gasteiger partial charge in [-0.25, -0.2) is 4.79 Å². The third-order valence-corrected chi connectivity index (χ3v) is 9.13. The standard InChI is InChI=1S/C38H41N3O7/c1-2-3-11-33-36(44)39(22-20-29-9-6-8-28-7-4-5-10-32(28)29)25-35-40(33)37(45)34(24-27-14-18-31(43)19-15-27)48-41(35)38(46)47-23-21-26-12-16-30(42)17-13-26/h4-10,12-19,33-35,42-43H,2-3,11,20-25H2,1H3/t33-,34+,35?/m0/s1. The van der Waals surface area contributed by atoms with Crippen molar-refractivity contribution in [2.24, 2.45) is 0 Å². The van der Waals surface area contributed by atoms with Gasteiger partial charge >= 0.3 is 6.09 Å². The molecule has 1 unspecified atom stereocenters. The summed E-state index contributed by atoms with van der Waals surface area (Å²) >= 11 is 0. The zero-order chi connectivity index (χ0) is 33.6. The number of fused-ring (bicyclic) bond motifs is 2. The van der Waals surface area contributed by atoms with Crippen LogP contribution in [0.1, 0.15) is 42.9 Å². The van der Waals surface area contributed by atoms with Crippen LogP contribution in [0.4, 0.5) is 4.79 Å². The van der Waals surface area contributed by atoms with Crippen molar-refractivity contribution >= 4 is 28.7 Å². The quantitative estimate of drug-likeness (QED) is 0.217. The molecule has 2 heterocycles. The zero-order valence-corrected chi connectivity index (χ0v) is 27.0. The molecule has 10 nitrogen and oxygen atoms in total. The van der Waals surface area contributed by atoms with Gasteiger partial charge in [0.25, 0.3) is 5.91 Å². The van der Waals surface area contributed by atoms with Crippen LogP contribution in [0.25, 0.3) is 10.8 Å². The first kappa shape index (κ1) is 32.8. The van der Waals surface area contributed by atoms with E-state index in [1.165, 1.54) is 12.1 Å². The number of hydrogen-bond acceptors (Lipinski definition) is 7. The highest BCUT2D eigenvalue weighted by atomic mass is 16.7. The normalized spacial score (nSPS) is 19.4. The highest BCUT2D eigenvalue weighted by molar-refractivity contribution is 5.92. The lowest BCUT2D eigenvalue weighted by Crippen LogP contribution is -2.73. The van der Waals surface area contributed by atoms with Gasteiger partial charge in [0.05, 0.1) is 13.2 Å². The lowest BCUT2D eigenvalue weighted by Gasteiger charge is -2.52. The highest BCUT2D eigenvalue weighted by Crippen LogP contribution is 2.32. The SMILES string of the molecule is CCCC[C@H]1C(=O)N(CCc2cccc3ccccc23)CC2N(C(=O)OCCc3ccc(O)cc3)O[C@H](Cc3ccc(O)cc3)C(=O)N21. The van der Waals surface area contributed by atoms with E-state index in [1.54, 1.807) is 46.2 Å². The zero-order valence-electron chi connectivity index (χ0n) is 27.0. The average Bonchev–Trinajstić information content (AvgIpc) is 3.10. The number of benzene rings is 4. The molecule has 4 aromatic carbocycles. The number of hydroxylamine groups is 2. The van der Waals surface area contributed by atoms with Crippen molar-refractivity contribution in [3.8, 4) is 11.5 Å². The molecule has 0 radical (unpaired) electrons. The molecule has 0 aliphatic carbocycles. The van der Waals surface area contributed by atoms with Gasteiger partial charge in [-0.05, 0) is 64.6 Å². The molecule has 2 aliphatic heterocycles. The molecule has 0 spiro atoms. The lowest BCUT2D eigenvalue weighted by molar-refractivity contribution is -0.266. The molecule has 2 N–H and O–H groups in total. The molecule has 3 amide bonds. The van der Waals surface area contributed by atoms with E-state index in [-0.39, 0.29) is 42.9 Å². The van der Waals surface area contributed by atoms with E-state index in [2.05, 4.69) is 24.3 Å². The maximum atomic E-state index is 14.2. The summed E-state index contributed by atoms with van der Waals surface area (Å²) in [6.07, 6.45) is 0.486. The van der Waals surface area contributed by atoms with Gasteiger partial charge in [-0.2, -0.15) is 5.06 Å². The van der Waals surface area contributed by atoms with Gasteiger partial charge in [-0.1, -0.05) is 86.5 Å². The largest absolute Gasteiger partial charge is 0.508 e. The smallest absolute Gasteiger partial charge is 0.436 e. The summed E-state index contributed by atoms with van der Waals surface area (Å²) in [7, 11) is 0. The van der Waals surface area contributed by atoms with E-state index in [0.29, 0.717) is 25.8 Å². The van der Waals surface area contributed by atoms with Gasteiger partial charge in [-0.15, -0.1) is 0 Å². The van der Waals surface area contributed by atoms with Gasteiger partial charge in [-0.3, -0.25) is 14.4 Å². The highest BCUT2D eigenvalue weighted by Gasteiger charge is 2.53. The lowest BCUT2D eigenvalue weighted by atomic mass is 9.97. The van der Waals surface area contributed by atoms with Crippen LogP contribution in [-0.2, 0) is 38.4 Å². The van der Waals surface area contributed by atoms with E-state index < -0.39 is 24.4 Å². The first-order chi connectivity index (χ1) is 23.3. The molecule has 6 rings (SSSR count). The van der Waals surface area contributed by atoms with Gasteiger partial charge in [0.2, 0.25) is 5.91 Å². The molecule has 48 heavy (non-hydrogen) atoms. The van der Waals surface area contributed by atoms with Crippen molar-refractivity contribution in [2.75, 3.05) is 19.7 Å². The van der Waals surface area contributed by atoms with Crippen molar-refractivity contribution < 1.29 is 34.2 Å². The molecule has 250 valence electrons. The second-order valence-corrected chi connectivity index (χ2v) is 12.4. The summed E-state index contributed by atoms with van der Waals surface area (Å²) in [5, 5.41) is 22.8. The van der Waals surface area contributed by atoms with E-state index in [4.69, 9.17) is 9.57 Å². The number of carbonyl (C=O) groups is 3. The molecule has 3 atom stereocenters. The summed E-state index contributed by atoms with van der Waals surface area (Å²) in [6.45, 7) is 2.58. The molecule has 10 heteroatoms. The second kappa shape index (κ2) is 14.8. The Morgan fingerprint density at radius 3 is 2.27 bits per heavy atom. The fraction of sp³-hybridized carbons (Fsp3) is 0.342. The van der Waals surface area contributed by atoms with Crippen LogP contribution in [-0.4, -0.2) is 81.0 Å². The van der Waals surface area contributed by atoms with Gasteiger partial charge in [0.1, 0.15) is 17.5 Å². The number of nitrogens with zero attached hydrogens (tertiary/aromatic N) is 3. The molecule has 2 fully saturated rings. The monoisotopic (exact) mass is 651 g/mol. The number of ether oxygens (including phenoxy) is 1. The maximum Gasteiger partial charge on any atom is 0.436 e. The van der Waals surface area contributed by atoms with Crippen LogP contribution in [0, 0.1) is 0 Å². The number of carbonyl (C=O) groups excluding carboxylic acids is 3. The Labute approximate surface area is 280 Å². The maximum absolute atomic E-state index is 14.2. The number of aromatic hydroxyl groups is 2. The van der Waals surface area contributed by atoms with E-state index in [1.807, 2.05) is 25.1 Å². The van der Waals surface area contributed by atoms with Gasteiger partial charge < -0.3 is 24.7 Å². The van der Waals surface area contributed by atoms with E-state index in [9.17, 15) is 24.6 Å². The van der Waals surface area contributed by atoms with Crippen molar-refractivity contribution in [3.05, 3.63) is 108 Å². The topological polar surface area (TPSA) is 120 Å². The molecule has 2 saturated heterocycles. The first-order valence-electron chi connectivity index (χ1n) is 16.6. The first-order valence-corrected chi connectivity index (χ1v) is 16.6. The number of phenolic OH excluding ortho intramolecular Hbond substituents is 2. The second-order valence-electron chi connectivity index (χ2n) is 12.4. The molecular formula is C38H41N3O7. The van der Waals surface area contributed by atoms with Gasteiger partial charge in [0.15, 0.2) is 12.3 Å². The van der Waals surface area contributed by atoms with Crippen LogP contribution in [0.15, 0.2) is 91.0 Å².